The van der Waals surface area contributed by atoms with Gasteiger partial charge in [-0.2, -0.15) is 0 Å². The van der Waals surface area contributed by atoms with Crippen molar-refractivity contribution >= 4 is 32.3 Å². The molecule has 0 saturated heterocycles. The average Bonchev–Trinajstić information content (AvgIpc) is 3.66. The largest absolute Gasteiger partial charge is 0.208 e. The topological polar surface area (TPSA) is 38.7 Å². The minimum atomic E-state index is 0.638. The van der Waals surface area contributed by atoms with Gasteiger partial charge in [-0.1, -0.05) is 206 Å². The van der Waals surface area contributed by atoms with Crippen molar-refractivity contribution in [3.05, 3.63) is 212 Å². The molecule has 3 heteroatoms. The van der Waals surface area contributed by atoms with E-state index in [1.165, 1.54) is 77.0 Å². The molecule has 0 unspecified atom stereocenters. The Morgan fingerprint density at radius 1 is 0.233 bits per heavy atom. The van der Waals surface area contributed by atoms with Crippen LogP contribution in [0.4, 0.5) is 0 Å². The summed E-state index contributed by atoms with van der Waals surface area (Å²) in [6.45, 7) is 0. The summed E-state index contributed by atoms with van der Waals surface area (Å²) in [6.07, 6.45) is 0. The second-order valence-electron chi connectivity index (χ2n) is 15.5. The summed E-state index contributed by atoms with van der Waals surface area (Å²) < 4.78 is 0. The Kier molecular flexibility index (Phi) is 7.85. The Morgan fingerprint density at radius 3 is 1.45 bits per heavy atom. The third kappa shape index (κ3) is 5.63. The van der Waals surface area contributed by atoms with E-state index in [1.807, 2.05) is 30.3 Å². The van der Waals surface area contributed by atoms with Crippen LogP contribution in [0.15, 0.2) is 212 Å². The first kappa shape index (κ1) is 34.1. The van der Waals surface area contributed by atoms with Crippen molar-refractivity contribution in [1.29, 1.82) is 0 Å². The summed E-state index contributed by atoms with van der Waals surface area (Å²) in [5.41, 5.74) is 15.3. The number of fused-ring (bicyclic) bond motifs is 5. The summed E-state index contributed by atoms with van der Waals surface area (Å²) in [5, 5.41) is 7.38. The van der Waals surface area contributed by atoms with Crippen LogP contribution < -0.4 is 0 Å². The molecule has 12 rings (SSSR count). The molecule has 0 saturated carbocycles. The number of hydrogen-bond donors (Lipinski definition) is 0. The highest BCUT2D eigenvalue weighted by Gasteiger charge is 2.22. The first-order valence-corrected chi connectivity index (χ1v) is 20.4. The highest BCUT2D eigenvalue weighted by Crippen LogP contribution is 2.49. The Balaban J connectivity index is 0.939. The smallest absolute Gasteiger partial charge is 0.164 e. The Labute approximate surface area is 348 Å². The van der Waals surface area contributed by atoms with Crippen LogP contribution in [-0.4, -0.2) is 15.0 Å². The van der Waals surface area contributed by atoms with Crippen molar-refractivity contribution in [2.45, 2.75) is 0 Å². The molecular formula is C57H35N3. The van der Waals surface area contributed by atoms with Gasteiger partial charge in [0.1, 0.15) is 0 Å². The van der Waals surface area contributed by atoms with Crippen LogP contribution in [-0.2, 0) is 0 Å². The summed E-state index contributed by atoms with van der Waals surface area (Å²) in [5.74, 6) is 1.93. The van der Waals surface area contributed by atoms with Crippen molar-refractivity contribution in [2.75, 3.05) is 0 Å². The number of nitrogens with zero attached hydrogens (tertiary/aromatic N) is 3. The minimum absolute atomic E-state index is 0.638. The first-order valence-electron chi connectivity index (χ1n) is 20.4. The van der Waals surface area contributed by atoms with Crippen LogP contribution in [0.3, 0.4) is 0 Å². The molecule has 0 fully saturated rings. The molecule has 1 aliphatic carbocycles. The van der Waals surface area contributed by atoms with Crippen molar-refractivity contribution in [3.63, 3.8) is 0 Å². The normalized spacial score (nSPS) is 11.7. The maximum absolute atomic E-state index is 5.08. The zero-order valence-corrected chi connectivity index (χ0v) is 32.5. The maximum atomic E-state index is 5.08. The Hall–Kier alpha value is -8.01. The van der Waals surface area contributed by atoms with Crippen molar-refractivity contribution in [2.24, 2.45) is 0 Å². The summed E-state index contributed by atoms with van der Waals surface area (Å²) in [6, 6.07) is 76.0. The summed E-state index contributed by atoms with van der Waals surface area (Å²) in [7, 11) is 0. The van der Waals surface area contributed by atoms with E-state index in [0.29, 0.717) is 17.5 Å². The molecular weight excluding hydrogens is 727 g/mol. The molecule has 60 heavy (non-hydrogen) atoms. The van der Waals surface area contributed by atoms with E-state index in [9.17, 15) is 0 Å². The lowest BCUT2D eigenvalue weighted by Crippen LogP contribution is -2.00. The first-order chi connectivity index (χ1) is 29.7. The van der Waals surface area contributed by atoms with Crippen molar-refractivity contribution < 1.29 is 0 Å². The second kappa shape index (κ2) is 13.8. The molecule has 10 aromatic carbocycles. The zero-order valence-electron chi connectivity index (χ0n) is 32.5. The molecule has 0 spiro atoms. The van der Waals surface area contributed by atoms with Crippen LogP contribution in [0.25, 0.3) is 122 Å². The zero-order chi connectivity index (χ0) is 39.6. The molecule has 11 aromatic rings. The van der Waals surface area contributed by atoms with Gasteiger partial charge >= 0.3 is 0 Å². The predicted molar refractivity (Wildman–Crippen MR) is 249 cm³/mol. The SMILES string of the molecule is c1ccc(-c2nc(-c3ccc(-c4c(-c5ccc(-c6ccc7c8c(cccc68)-c6ccccc6-7)cc5)ccc5ccccc45)cc3)nc(-c3ccc4ccccc4c3)n2)cc1. The van der Waals surface area contributed by atoms with Gasteiger partial charge in [-0.25, -0.2) is 15.0 Å². The maximum Gasteiger partial charge on any atom is 0.164 e. The van der Waals surface area contributed by atoms with Gasteiger partial charge in [0.2, 0.25) is 0 Å². The predicted octanol–water partition coefficient (Wildman–Crippen LogP) is 15.0. The van der Waals surface area contributed by atoms with E-state index in [4.69, 9.17) is 15.0 Å². The fraction of sp³-hybridized carbons (Fsp3) is 0. The van der Waals surface area contributed by atoms with Crippen LogP contribution in [0.5, 0.6) is 0 Å². The van der Waals surface area contributed by atoms with E-state index in [0.717, 1.165) is 27.6 Å². The molecule has 0 N–H and O–H groups in total. The standard InChI is InChI=1S/C57H35N3/c1-2-13-41(14-3-1)55-58-56(60-57(59-55)44-30-21-36-11-4-5-15-43(36)35-44)42-28-26-40(27-29-42)53-46-16-7-6-12-37(46)31-32-47(53)39-24-22-38(23-25-39)45-33-34-52-49-18-9-8-17-48(49)51-20-10-19-50(45)54(51)52/h1-35H. The van der Waals surface area contributed by atoms with Gasteiger partial charge in [0.05, 0.1) is 0 Å². The van der Waals surface area contributed by atoms with Gasteiger partial charge in [0, 0.05) is 16.7 Å². The van der Waals surface area contributed by atoms with Gasteiger partial charge in [-0.15, -0.1) is 0 Å². The Bertz CT molecular complexity index is 3430. The van der Waals surface area contributed by atoms with E-state index in [1.54, 1.807) is 0 Å². The van der Waals surface area contributed by atoms with Crippen LogP contribution in [0, 0.1) is 0 Å². The van der Waals surface area contributed by atoms with Gasteiger partial charge in [-0.3, -0.25) is 0 Å². The van der Waals surface area contributed by atoms with Crippen LogP contribution in [0.2, 0.25) is 0 Å². The lowest BCUT2D eigenvalue weighted by atomic mass is 9.88. The Morgan fingerprint density at radius 2 is 0.700 bits per heavy atom. The molecule has 0 amide bonds. The van der Waals surface area contributed by atoms with Gasteiger partial charge in [0.25, 0.3) is 0 Å². The molecule has 3 nitrogen and oxygen atoms in total. The van der Waals surface area contributed by atoms with Crippen molar-refractivity contribution in [3.8, 4) is 89.8 Å². The minimum Gasteiger partial charge on any atom is -0.208 e. The lowest BCUT2D eigenvalue weighted by molar-refractivity contribution is 1.07. The number of hydrogen-bond acceptors (Lipinski definition) is 3. The van der Waals surface area contributed by atoms with Crippen molar-refractivity contribution in [1.82, 2.24) is 15.0 Å². The number of aromatic nitrogens is 3. The highest BCUT2D eigenvalue weighted by atomic mass is 15.0. The van der Waals surface area contributed by atoms with E-state index in [-0.39, 0.29) is 0 Å². The summed E-state index contributed by atoms with van der Waals surface area (Å²) >= 11 is 0. The molecule has 1 heterocycles. The summed E-state index contributed by atoms with van der Waals surface area (Å²) in [4.78, 5) is 15.1. The fourth-order valence-electron chi connectivity index (χ4n) is 9.18. The fourth-order valence-corrected chi connectivity index (χ4v) is 9.18. The highest BCUT2D eigenvalue weighted by molar-refractivity contribution is 6.18. The van der Waals surface area contributed by atoms with Gasteiger partial charge in [0.15, 0.2) is 17.5 Å². The molecule has 1 aromatic heterocycles. The third-order valence-corrected chi connectivity index (χ3v) is 12.1. The number of rotatable bonds is 6. The third-order valence-electron chi connectivity index (χ3n) is 12.1. The van der Waals surface area contributed by atoms with Crippen LogP contribution in [0.1, 0.15) is 0 Å². The molecule has 0 atom stereocenters. The quantitative estimate of drug-likeness (QED) is 0.169. The van der Waals surface area contributed by atoms with Crippen LogP contribution >= 0.6 is 0 Å². The van der Waals surface area contributed by atoms with Gasteiger partial charge < -0.3 is 0 Å². The second-order valence-corrected chi connectivity index (χ2v) is 15.5. The van der Waals surface area contributed by atoms with E-state index in [2.05, 4.69) is 182 Å². The van der Waals surface area contributed by atoms with E-state index >= 15 is 0 Å². The van der Waals surface area contributed by atoms with Gasteiger partial charge in [-0.05, 0) is 94.0 Å². The molecule has 0 aliphatic heterocycles. The molecule has 278 valence electrons. The monoisotopic (exact) mass is 761 g/mol. The molecule has 0 bridgehead atoms. The molecule has 0 radical (unpaired) electrons. The molecule has 1 aliphatic rings. The average molecular weight is 762 g/mol. The lowest BCUT2D eigenvalue weighted by Gasteiger charge is -2.16. The van der Waals surface area contributed by atoms with E-state index < -0.39 is 0 Å². The number of benzene rings is 10.